The fraction of sp³-hybridized carbons (Fsp3) is 0.500. The number of ether oxygens (including phenoxy) is 1. The van der Waals surface area contributed by atoms with Crippen LogP contribution in [-0.2, 0) is 16.4 Å². The standard InChI is InChI=1S/C14H19NO5S/c1-20-13-4-3-11(14(16)17)9-12(13)10-15-5-2-7-21(18,19)8-6-15/h3-4,9H,2,5-8,10H2,1H3,(H,16,17). The van der Waals surface area contributed by atoms with Crippen molar-refractivity contribution in [1.29, 1.82) is 0 Å². The number of aromatic carboxylic acids is 1. The Morgan fingerprint density at radius 3 is 2.76 bits per heavy atom. The Labute approximate surface area is 124 Å². The first-order valence-corrected chi connectivity index (χ1v) is 8.56. The number of benzene rings is 1. The van der Waals surface area contributed by atoms with Crippen molar-refractivity contribution in [2.75, 3.05) is 31.7 Å². The van der Waals surface area contributed by atoms with Crippen molar-refractivity contribution >= 4 is 15.8 Å². The van der Waals surface area contributed by atoms with Gasteiger partial charge in [-0.3, -0.25) is 4.90 Å². The molecule has 2 rings (SSSR count). The zero-order valence-electron chi connectivity index (χ0n) is 11.9. The minimum atomic E-state index is -2.95. The number of sulfone groups is 1. The largest absolute Gasteiger partial charge is 0.496 e. The highest BCUT2D eigenvalue weighted by atomic mass is 32.2. The summed E-state index contributed by atoms with van der Waals surface area (Å²) in [5, 5.41) is 9.06. The molecule has 0 radical (unpaired) electrons. The lowest BCUT2D eigenvalue weighted by atomic mass is 10.1. The monoisotopic (exact) mass is 313 g/mol. The van der Waals surface area contributed by atoms with E-state index >= 15 is 0 Å². The quantitative estimate of drug-likeness (QED) is 0.893. The SMILES string of the molecule is COc1ccc(C(=O)O)cc1CN1CCCS(=O)(=O)CC1. The van der Waals surface area contributed by atoms with Crippen LogP contribution in [0.15, 0.2) is 18.2 Å². The van der Waals surface area contributed by atoms with Crippen LogP contribution < -0.4 is 4.74 Å². The molecule has 1 aliphatic heterocycles. The van der Waals surface area contributed by atoms with E-state index < -0.39 is 15.8 Å². The summed E-state index contributed by atoms with van der Waals surface area (Å²) in [7, 11) is -1.41. The van der Waals surface area contributed by atoms with E-state index in [0.717, 1.165) is 5.56 Å². The van der Waals surface area contributed by atoms with E-state index in [0.29, 0.717) is 31.8 Å². The number of carboxylic acid groups (broad SMARTS) is 1. The van der Waals surface area contributed by atoms with Gasteiger partial charge in [0.05, 0.1) is 24.2 Å². The maximum Gasteiger partial charge on any atom is 0.335 e. The van der Waals surface area contributed by atoms with Crippen LogP contribution in [0, 0.1) is 0 Å². The summed E-state index contributed by atoms with van der Waals surface area (Å²) in [6.07, 6.45) is 0.600. The molecule has 116 valence electrons. The van der Waals surface area contributed by atoms with Crippen LogP contribution in [0.4, 0.5) is 0 Å². The Kier molecular flexibility index (Phi) is 4.84. The maximum atomic E-state index is 11.6. The topological polar surface area (TPSA) is 83.9 Å². The van der Waals surface area contributed by atoms with E-state index in [1.165, 1.54) is 13.2 Å². The molecule has 0 spiro atoms. The van der Waals surface area contributed by atoms with Crippen LogP contribution >= 0.6 is 0 Å². The minimum absolute atomic E-state index is 0.147. The summed E-state index contributed by atoms with van der Waals surface area (Å²) in [6, 6.07) is 4.71. The summed E-state index contributed by atoms with van der Waals surface area (Å²) >= 11 is 0. The van der Waals surface area contributed by atoms with E-state index in [4.69, 9.17) is 9.84 Å². The van der Waals surface area contributed by atoms with Crippen molar-refractivity contribution < 1.29 is 23.1 Å². The van der Waals surface area contributed by atoms with Crippen LogP contribution in [0.5, 0.6) is 5.75 Å². The van der Waals surface area contributed by atoms with Gasteiger partial charge in [-0.1, -0.05) is 0 Å². The molecule has 1 fully saturated rings. The summed E-state index contributed by atoms with van der Waals surface area (Å²) < 4.78 is 28.5. The second kappa shape index (κ2) is 6.44. The third-order valence-corrected chi connectivity index (χ3v) is 5.28. The maximum absolute atomic E-state index is 11.6. The van der Waals surface area contributed by atoms with E-state index in [1.807, 2.05) is 4.90 Å². The summed E-state index contributed by atoms with van der Waals surface area (Å²) in [6.45, 7) is 1.63. The van der Waals surface area contributed by atoms with Crippen LogP contribution in [0.25, 0.3) is 0 Å². The van der Waals surface area contributed by atoms with Crippen LogP contribution in [0.3, 0.4) is 0 Å². The van der Waals surface area contributed by atoms with E-state index in [2.05, 4.69) is 0 Å². The zero-order chi connectivity index (χ0) is 15.5. The van der Waals surface area contributed by atoms with Gasteiger partial charge in [-0.25, -0.2) is 13.2 Å². The molecule has 0 saturated carbocycles. The average molecular weight is 313 g/mol. The van der Waals surface area contributed by atoms with Gasteiger partial charge in [0.15, 0.2) is 9.84 Å². The van der Waals surface area contributed by atoms with Gasteiger partial charge in [0, 0.05) is 18.7 Å². The van der Waals surface area contributed by atoms with Gasteiger partial charge in [-0.2, -0.15) is 0 Å². The number of carboxylic acids is 1. The number of hydrogen-bond donors (Lipinski definition) is 1. The first kappa shape index (κ1) is 15.8. The molecule has 0 amide bonds. The zero-order valence-corrected chi connectivity index (χ0v) is 12.7. The Hall–Kier alpha value is -1.60. The Morgan fingerprint density at radius 1 is 1.33 bits per heavy atom. The molecule has 0 aromatic heterocycles. The van der Waals surface area contributed by atoms with Gasteiger partial charge in [0.25, 0.3) is 0 Å². The number of nitrogens with zero attached hydrogens (tertiary/aromatic N) is 1. The van der Waals surface area contributed by atoms with Gasteiger partial charge in [-0.05, 0) is 31.2 Å². The lowest BCUT2D eigenvalue weighted by Gasteiger charge is -2.20. The molecule has 1 heterocycles. The third kappa shape index (κ3) is 4.18. The highest BCUT2D eigenvalue weighted by molar-refractivity contribution is 7.91. The molecule has 0 aliphatic carbocycles. The van der Waals surface area contributed by atoms with Crippen LogP contribution in [0.2, 0.25) is 0 Å². The van der Waals surface area contributed by atoms with E-state index in [9.17, 15) is 13.2 Å². The normalized spacial score (nSPS) is 18.9. The Bertz CT molecular complexity index is 626. The fourth-order valence-corrected chi connectivity index (χ4v) is 3.73. The highest BCUT2D eigenvalue weighted by Crippen LogP contribution is 2.22. The van der Waals surface area contributed by atoms with Gasteiger partial charge >= 0.3 is 5.97 Å². The molecular formula is C14H19NO5S. The average Bonchev–Trinajstić information content (AvgIpc) is 2.60. The van der Waals surface area contributed by atoms with Crippen LogP contribution in [-0.4, -0.2) is 56.1 Å². The molecule has 21 heavy (non-hydrogen) atoms. The molecule has 6 nitrogen and oxygen atoms in total. The molecule has 1 aromatic carbocycles. The molecule has 0 atom stereocenters. The Balaban J connectivity index is 2.18. The minimum Gasteiger partial charge on any atom is -0.496 e. The Morgan fingerprint density at radius 2 is 2.10 bits per heavy atom. The van der Waals surface area contributed by atoms with Crippen LogP contribution in [0.1, 0.15) is 22.3 Å². The number of methoxy groups -OCH3 is 1. The van der Waals surface area contributed by atoms with E-state index in [-0.39, 0.29) is 17.1 Å². The van der Waals surface area contributed by atoms with Crippen molar-refractivity contribution in [3.05, 3.63) is 29.3 Å². The molecule has 1 aromatic rings. The first-order valence-electron chi connectivity index (χ1n) is 6.74. The molecule has 0 bridgehead atoms. The lowest BCUT2D eigenvalue weighted by molar-refractivity contribution is 0.0696. The second-order valence-electron chi connectivity index (χ2n) is 5.11. The van der Waals surface area contributed by atoms with Crippen molar-refractivity contribution in [3.8, 4) is 5.75 Å². The summed E-state index contributed by atoms with van der Waals surface area (Å²) in [4.78, 5) is 13.1. The van der Waals surface area contributed by atoms with Crippen molar-refractivity contribution in [2.45, 2.75) is 13.0 Å². The number of carbonyl (C=O) groups is 1. The van der Waals surface area contributed by atoms with Gasteiger partial charge in [0.1, 0.15) is 5.75 Å². The fourth-order valence-electron chi connectivity index (χ4n) is 2.42. The molecule has 0 unspecified atom stereocenters. The predicted molar refractivity (Wildman–Crippen MR) is 78.5 cm³/mol. The smallest absolute Gasteiger partial charge is 0.335 e. The molecule has 7 heteroatoms. The van der Waals surface area contributed by atoms with Crippen molar-refractivity contribution in [2.24, 2.45) is 0 Å². The molecule has 1 N–H and O–H groups in total. The number of hydrogen-bond acceptors (Lipinski definition) is 5. The van der Waals surface area contributed by atoms with Gasteiger partial charge in [0.2, 0.25) is 0 Å². The van der Waals surface area contributed by atoms with Gasteiger partial charge < -0.3 is 9.84 Å². The van der Waals surface area contributed by atoms with E-state index in [1.54, 1.807) is 12.1 Å². The lowest BCUT2D eigenvalue weighted by Crippen LogP contribution is -2.27. The predicted octanol–water partition coefficient (Wildman–Crippen LogP) is 1.01. The highest BCUT2D eigenvalue weighted by Gasteiger charge is 2.20. The summed E-state index contributed by atoms with van der Waals surface area (Å²) in [5.41, 5.74) is 0.963. The van der Waals surface area contributed by atoms with Crippen molar-refractivity contribution in [3.63, 3.8) is 0 Å². The molecule has 1 aliphatic rings. The molecular weight excluding hydrogens is 294 g/mol. The molecule has 1 saturated heterocycles. The van der Waals surface area contributed by atoms with Gasteiger partial charge in [-0.15, -0.1) is 0 Å². The first-order chi connectivity index (χ1) is 9.91. The van der Waals surface area contributed by atoms with Crippen molar-refractivity contribution in [1.82, 2.24) is 4.90 Å². The third-order valence-electron chi connectivity index (χ3n) is 3.57. The summed E-state index contributed by atoms with van der Waals surface area (Å²) in [5.74, 6) is -0.00606. The number of rotatable bonds is 4. The second-order valence-corrected chi connectivity index (χ2v) is 7.42.